The van der Waals surface area contributed by atoms with Crippen molar-refractivity contribution >= 4 is 23.9 Å². The molecule has 0 heterocycles. The molecule has 0 aliphatic heterocycles. The summed E-state index contributed by atoms with van der Waals surface area (Å²) in [4.78, 5) is 34.1. The third-order valence-corrected chi connectivity index (χ3v) is 3.03. The van der Waals surface area contributed by atoms with Crippen molar-refractivity contribution < 1.29 is 23.9 Å². The predicted octanol–water partition coefficient (Wildman–Crippen LogP) is 1.31. The Bertz CT molecular complexity index is 587. The molecule has 1 saturated carbocycles. The lowest BCUT2D eigenvalue weighted by Gasteiger charge is -2.03. The van der Waals surface area contributed by atoms with Crippen LogP contribution in [0.25, 0.3) is 6.08 Å². The lowest BCUT2D eigenvalue weighted by molar-refractivity contribution is -0.143. The van der Waals surface area contributed by atoms with Gasteiger partial charge in [-0.3, -0.25) is 4.79 Å². The van der Waals surface area contributed by atoms with Crippen LogP contribution in [0.4, 0.5) is 0 Å². The van der Waals surface area contributed by atoms with Crippen molar-refractivity contribution in [1.82, 2.24) is 5.32 Å². The average molecular weight is 303 g/mol. The smallest absolute Gasteiger partial charge is 0.337 e. The third-order valence-electron chi connectivity index (χ3n) is 3.03. The first-order valence-corrected chi connectivity index (χ1v) is 6.91. The van der Waals surface area contributed by atoms with E-state index in [0.29, 0.717) is 5.56 Å². The number of amides is 1. The molecule has 0 aromatic heterocycles. The van der Waals surface area contributed by atoms with Crippen LogP contribution in [0.15, 0.2) is 30.3 Å². The maximum absolute atomic E-state index is 11.5. The van der Waals surface area contributed by atoms with E-state index in [1.807, 2.05) is 0 Å². The predicted molar refractivity (Wildman–Crippen MR) is 78.9 cm³/mol. The number of nitrogens with one attached hydrogen (secondary N) is 1. The van der Waals surface area contributed by atoms with Gasteiger partial charge in [-0.2, -0.15) is 0 Å². The van der Waals surface area contributed by atoms with Gasteiger partial charge in [-0.25, -0.2) is 9.59 Å². The highest BCUT2D eigenvalue weighted by Crippen LogP contribution is 2.18. The molecule has 1 aromatic rings. The Hall–Kier alpha value is -2.63. The zero-order chi connectivity index (χ0) is 15.9. The summed E-state index contributed by atoms with van der Waals surface area (Å²) in [6.45, 7) is -0.277. The number of hydrogen-bond donors (Lipinski definition) is 1. The molecule has 1 aliphatic carbocycles. The molecule has 0 saturated heterocycles. The van der Waals surface area contributed by atoms with Gasteiger partial charge >= 0.3 is 11.9 Å². The standard InChI is InChI=1S/C16H17NO5/c1-21-16(20)12-5-2-11(3-6-12)4-9-15(19)22-10-14(18)17-13-7-8-13/h2-6,9,13H,7-8,10H2,1H3,(H,17,18)/b9-4+. The molecular weight excluding hydrogens is 286 g/mol. The van der Waals surface area contributed by atoms with Gasteiger partial charge in [0.2, 0.25) is 0 Å². The summed E-state index contributed by atoms with van der Waals surface area (Å²) in [5, 5.41) is 2.72. The average Bonchev–Trinajstić information content (AvgIpc) is 3.34. The highest BCUT2D eigenvalue weighted by atomic mass is 16.5. The van der Waals surface area contributed by atoms with Gasteiger partial charge in [0, 0.05) is 12.1 Å². The molecular formula is C16H17NO5. The minimum atomic E-state index is -0.594. The van der Waals surface area contributed by atoms with Crippen LogP contribution in [0.2, 0.25) is 0 Å². The van der Waals surface area contributed by atoms with E-state index in [2.05, 4.69) is 10.1 Å². The summed E-state index contributed by atoms with van der Waals surface area (Å²) in [6.07, 6.45) is 4.75. The summed E-state index contributed by atoms with van der Waals surface area (Å²) in [5.74, 6) is -1.30. The monoisotopic (exact) mass is 303 g/mol. The van der Waals surface area contributed by atoms with Crippen LogP contribution >= 0.6 is 0 Å². The molecule has 6 nitrogen and oxygen atoms in total. The summed E-state index contributed by atoms with van der Waals surface area (Å²) in [5.41, 5.74) is 1.16. The first-order chi connectivity index (χ1) is 10.6. The van der Waals surface area contributed by atoms with Gasteiger partial charge in [0.05, 0.1) is 12.7 Å². The molecule has 1 aliphatic rings. The van der Waals surface area contributed by atoms with Crippen LogP contribution in [0, 0.1) is 0 Å². The molecule has 0 unspecified atom stereocenters. The van der Waals surface area contributed by atoms with Crippen molar-refractivity contribution in [1.29, 1.82) is 0 Å². The van der Waals surface area contributed by atoms with Crippen molar-refractivity contribution in [2.75, 3.05) is 13.7 Å². The minimum Gasteiger partial charge on any atom is -0.465 e. The Morgan fingerprint density at radius 1 is 1.23 bits per heavy atom. The van der Waals surface area contributed by atoms with Crippen LogP contribution in [0.1, 0.15) is 28.8 Å². The summed E-state index contributed by atoms with van der Waals surface area (Å²) >= 11 is 0. The molecule has 6 heteroatoms. The van der Waals surface area contributed by atoms with Crippen molar-refractivity contribution in [3.63, 3.8) is 0 Å². The van der Waals surface area contributed by atoms with Gasteiger partial charge in [-0.05, 0) is 36.6 Å². The number of esters is 2. The quantitative estimate of drug-likeness (QED) is 0.633. The summed E-state index contributed by atoms with van der Waals surface area (Å²) in [7, 11) is 1.31. The van der Waals surface area contributed by atoms with E-state index in [1.54, 1.807) is 30.3 Å². The normalized spacial score (nSPS) is 13.7. The van der Waals surface area contributed by atoms with Gasteiger partial charge in [0.15, 0.2) is 6.61 Å². The fourth-order valence-electron chi connectivity index (χ4n) is 1.69. The van der Waals surface area contributed by atoms with E-state index in [4.69, 9.17) is 4.74 Å². The first-order valence-electron chi connectivity index (χ1n) is 6.91. The van der Waals surface area contributed by atoms with Crippen molar-refractivity contribution in [2.45, 2.75) is 18.9 Å². The van der Waals surface area contributed by atoms with E-state index in [9.17, 15) is 14.4 Å². The molecule has 1 N–H and O–H groups in total. The van der Waals surface area contributed by atoms with Gasteiger partial charge in [0.25, 0.3) is 5.91 Å². The van der Waals surface area contributed by atoms with Crippen molar-refractivity contribution in [3.05, 3.63) is 41.5 Å². The summed E-state index contributed by atoms with van der Waals surface area (Å²) in [6, 6.07) is 6.79. The van der Waals surface area contributed by atoms with Gasteiger partial charge in [-0.1, -0.05) is 12.1 Å². The van der Waals surface area contributed by atoms with Crippen molar-refractivity contribution in [3.8, 4) is 0 Å². The second kappa shape index (κ2) is 7.40. The number of rotatable bonds is 6. The molecule has 1 fully saturated rings. The number of ether oxygens (including phenoxy) is 2. The number of carbonyl (C=O) groups excluding carboxylic acids is 3. The zero-order valence-corrected chi connectivity index (χ0v) is 12.2. The van der Waals surface area contributed by atoms with E-state index >= 15 is 0 Å². The van der Waals surface area contributed by atoms with Crippen LogP contribution < -0.4 is 5.32 Å². The Labute approximate surface area is 128 Å². The van der Waals surface area contributed by atoms with Crippen LogP contribution in [0.5, 0.6) is 0 Å². The fraction of sp³-hybridized carbons (Fsp3) is 0.312. The van der Waals surface area contributed by atoms with Crippen LogP contribution in [-0.4, -0.2) is 37.6 Å². The topological polar surface area (TPSA) is 81.7 Å². The summed E-state index contributed by atoms with van der Waals surface area (Å²) < 4.78 is 9.41. The van der Waals surface area contributed by atoms with Crippen LogP contribution in [0.3, 0.4) is 0 Å². The number of methoxy groups -OCH3 is 1. The largest absolute Gasteiger partial charge is 0.465 e. The van der Waals surface area contributed by atoms with Gasteiger partial charge < -0.3 is 14.8 Å². The first kappa shape index (κ1) is 15.8. The third kappa shape index (κ3) is 5.05. The van der Waals surface area contributed by atoms with E-state index in [0.717, 1.165) is 18.4 Å². The molecule has 0 bridgehead atoms. The molecule has 0 spiro atoms. The fourth-order valence-corrected chi connectivity index (χ4v) is 1.69. The number of carbonyl (C=O) groups is 3. The maximum Gasteiger partial charge on any atom is 0.337 e. The van der Waals surface area contributed by atoms with Crippen molar-refractivity contribution in [2.24, 2.45) is 0 Å². The molecule has 2 rings (SSSR count). The number of benzene rings is 1. The molecule has 22 heavy (non-hydrogen) atoms. The van der Waals surface area contributed by atoms with Gasteiger partial charge in [-0.15, -0.1) is 0 Å². The lowest BCUT2D eigenvalue weighted by Crippen LogP contribution is -2.30. The molecule has 1 amide bonds. The Balaban J connectivity index is 1.78. The number of hydrogen-bond acceptors (Lipinski definition) is 5. The molecule has 0 atom stereocenters. The Morgan fingerprint density at radius 2 is 1.91 bits per heavy atom. The van der Waals surface area contributed by atoms with Gasteiger partial charge in [0.1, 0.15) is 0 Å². The Morgan fingerprint density at radius 3 is 2.50 bits per heavy atom. The second-order valence-corrected chi connectivity index (χ2v) is 4.90. The maximum atomic E-state index is 11.5. The van der Waals surface area contributed by atoms with E-state index in [-0.39, 0.29) is 18.6 Å². The zero-order valence-electron chi connectivity index (χ0n) is 12.2. The highest BCUT2D eigenvalue weighted by molar-refractivity contribution is 5.91. The SMILES string of the molecule is COC(=O)c1ccc(/C=C/C(=O)OCC(=O)NC2CC2)cc1. The minimum absolute atomic E-state index is 0.245. The Kier molecular flexibility index (Phi) is 5.30. The molecule has 0 radical (unpaired) electrons. The lowest BCUT2D eigenvalue weighted by atomic mass is 10.1. The molecule has 116 valence electrons. The second-order valence-electron chi connectivity index (χ2n) is 4.90. The molecule has 1 aromatic carbocycles. The highest BCUT2D eigenvalue weighted by Gasteiger charge is 2.23. The van der Waals surface area contributed by atoms with E-state index in [1.165, 1.54) is 13.2 Å². The van der Waals surface area contributed by atoms with Crippen LogP contribution in [-0.2, 0) is 19.1 Å². The van der Waals surface area contributed by atoms with E-state index < -0.39 is 11.9 Å².